The fraction of sp³-hybridized carbons (Fsp3) is 0.154. The van der Waals surface area contributed by atoms with E-state index in [0.29, 0.717) is 17.0 Å². The molecular formula is C13H13NO6S. The molecule has 0 saturated carbocycles. The van der Waals surface area contributed by atoms with Gasteiger partial charge in [0.2, 0.25) is 15.8 Å². The van der Waals surface area contributed by atoms with Crippen LogP contribution in [0, 0.1) is 0 Å². The molecule has 0 radical (unpaired) electrons. The fourth-order valence-electron chi connectivity index (χ4n) is 1.78. The molecule has 2 rings (SSSR count). The second kappa shape index (κ2) is 5.49. The number of benzene rings is 1. The first kappa shape index (κ1) is 14.9. The van der Waals surface area contributed by atoms with Gasteiger partial charge in [0.25, 0.3) is 0 Å². The maximum Gasteiger partial charge on any atom is 0.371 e. The molecule has 0 aliphatic rings. The van der Waals surface area contributed by atoms with Gasteiger partial charge in [0.05, 0.1) is 18.9 Å². The lowest BCUT2D eigenvalue weighted by atomic mass is 10.1. The Hall–Kier alpha value is -2.48. The molecule has 21 heavy (non-hydrogen) atoms. The van der Waals surface area contributed by atoms with Crippen molar-refractivity contribution in [1.82, 2.24) is 0 Å². The third-order valence-electron chi connectivity index (χ3n) is 2.58. The van der Waals surface area contributed by atoms with Crippen LogP contribution in [0.5, 0.6) is 5.75 Å². The second-order valence-corrected chi connectivity index (χ2v) is 6.01. The summed E-state index contributed by atoms with van der Waals surface area (Å²) in [4.78, 5) is 10.8. The Bertz CT molecular complexity index is 778. The van der Waals surface area contributed by atoms with Crippen molar-refractivity contribution >= 4 is 21.7 Å². The summed E-state index contributed by atoms with van der Waals surface area (Å²) in [5, 5.41) is 8.86. The van der Waals surface area contributed by atoms with E-state index in [1.165, 1.54) is 31.4 Å². The summed E-state index contributed by atoms with van der Waals surface area (Å²) in [6.45, 7) is 0. The van der Waals surface area contributed by atoms with E-state index >= 15 is 0 Å². The van der Waals surface area contributed by atoms with Crippen LogP contribution in [0.4, 0.5) is 5.69 Å². The van der Waals surface area contributed by atoms with E-state index in [0.717, 1.165) is 6.26 Å². The topological polar surface area (TPSA) is 106 Å². The molecule has 0 spiro atoms. The van der Waals surface area contributed by atoms with Crippen LogP contribution in [0.3, 0.4) is 0 Å². The first-order chi connectivity index (χ1) is 9.80. The third-order valence-corrected chi connectivity index (χ3v) is 3.19. The molecule has 0 amide bonds. The zero-order valence-electron chi connectivity index (χ0n) is 11.3. The predicted molar refractivity (Wildman–Crippen MR) is 76.1 cm³/mol. The van der Waals surface area contributed by atoms with Crippen LogP contribution >= 0.6 is 0 Å². The summed E-state index contributed by atoms with van der Waals surface area (Å²) in [6, 6.07) is 7.39. The number of anilines is 1. The Morgan fingerprint density at radius 2 is 2.00 bits per heavy atom. The summed E-state index contributed by atoms with van der Waals surface area (Å²) in [5.74, 6) is -0.707. The zero-order chi connectivity index (χ0) is 15.6. The third kappa shape index (κ3) is 3.54. The van der Waals surface area contributed by atoms with E-state index in [-0.39, 0.29) is 11.5 Å². The number of aromatic carboxylic acids is 1. The monoisotopic (exact) mass is 311 g/mol. The maximum absolute atomic E-state index is 11.3. The molecule has 1 heterocycles. The van der Waals surface area contributed by atoms with Gasteiger partial charge >= 0.3 is 5.97 Å². The van der Waals surface area contributed by atoms with Gasteiger partial charge in [0.1, 0.15) is 11.5 Å². The molecule has 7 nitrogen and oxygen atoms in total. The summed E-state index contributed by atoms with van der Waals surface area (Å²) in [6.07, 6.45) is 1.03. The standard InChI is InChI=1S/C13H13NO6S/c1-19-10-4-3-8(14-21(2,17)18)7-9(10)11-5-6-12(20-11)13(15)16/h3-7,14H,1-2H3,(H,15,16). The molecule has 8 heteroatoms. The second-order valence-electron chi connectivity index (χ2n) is 4.26. The van der Waals surface area contributed by atoms with Gasteiger partial charge in [-0.3, -0.25) is 4.72 Å². The van der Waals surface area contributed by atoms with E-state index < -0.39 is 16.0 Å². The Kier molecular flexibility index (Phi) is 3.90. The van der Waals surface area contributed by atoms with E-state index in [1.807, 2.05) is 0 Å². The van der Waals surface area contributed by atoms with Gasteiger partial charge in [-0.25, -0.2) is 13.2 Å². The first-order valence-corrected chi connectivity index (χ1v) is 7.68. The number of nitrogens with one attached hydrogen (secondary N) is 1. The van der Waals surface area contributed by atoms with E-state index in [2.05, 4.69) is 4.72 Å². The molecular weight excluding hydrogens is 298 g/mol. The molecule has 2 aromatic rings. The molecule has 0 aliphatic heterocycles. The molecule has 0 unspecified atom stereocenters. The minimum Gasteiger partial charge on any atom is -0.496 e. The van der Waals surface area contributed by atoms with Crippen molar-refractivity contribution in [2.45, 2.75) is 0 Å². The van der Waals surface area contributed by atoms with E-state index in [9.17, 15) is 13.2 Å². The summed E-state index contributed by atoms with van der Waals surface area (Å²) in [5.41, 5.74) is 0.764. The number of hydrogen-bond acceptors (Lipinski definition) is 5. The highest BCUT2D eigenvalue weighted by Gasteiger charge is 2.15. The number of sulfonamides is 1. The zero-order valence-corrected chi connectivity index (χ0v) is 12.1. The highest BCUT2D eigenvalue weighted by atomic mass is 32.2. The lowest BCUT2D eigenvalue weighted by Crippen LogP contribution is -2.09. The molecule has 1 aromatic carbocycles. The fourth-order valence-corrected chi connectivity index (χ4v) is 2.33. The van der Waals surface area contributed by atoms with Crippen LogP contribution in [0.2, 0.25) is 0 Å². The van der Waals surface area contributed by atoms with Gasteiger partial charge in [0, 0.05) is 5.69 Å². The summed E-state index contributed by atoms with van der Waals surface area (Å²) >= 11 is 0. The van der Waals surface area contributed by atoms with E-state index in [1.54, 1.807) is 6.07 Å². The molecule has 0 atom stereocenters. The molecule has 0 fully saturated rings. The van der Waals surface area contributed by atoms with Gasteiger partial charge in [-0.15, -0.1) is 0 Å². The van der Waals surface area contributed by atoms with Crippen molar-refractivity contribution in [2.24, 2.45) is 0 Å². The van der Waals surface area contributed by atoms with Gasteiger partial charge < -0.3 is 14.3 Å². The number of carbonyl (C=O) groups is 1. The lowest BCUT2D eigenvalue weighted by molar-refractivity contribution is 0.0663. The highest BCUT2D eigenvalue weighted by molar-refractivity contribution is 7.92. The molecule has 2 N–H and O–H groups in total. The van der Waals surface area contributed by atoms with Gasteiger partial charge in [0.15, 0.2) is 0 Å². The molecule has 0 saturated heterocycles. The van der Waals surface area contributed by atoms with Gasteiger partial charge in [-0.2, -0.15) is 0 Å². The average molecular weight is 311 g/mol. The van der Waals surface area contributed by atoms with Crippen LogP contribution in [0.1, 0.15) is 10.6 Å². The quantitative estimate of drug-likeness (QED) is 0.875. The number of rotatable bonds is 5. The molecule has 112 valence electrons. The lowest BCUT2D eigenvalue weighted by Gasteiger charge is -2.09. The van der Waals surface area contributed by atoms with Gasteiger partial charge in [-0.1, -0.05) is 0 Å². The van der Waals surface area contributed by atoms with E-state index in [4.69, 9.17) is 14.3 Å². The molecule has 0 bridgehead atoms. The highest BCUT2D eigenvalue weighted by Crippen LogP contribution is 2.34. The average Bonchev–Trinajstić information content (AvgIpc) is 2.86. The SMILES string of the molecule is COc1ccc(NS(C)(=O)=O)cc1-c1ccc(C(=O)O)o1. The predicted octanol–water partition coefficient (Wildman–Crippen LogP) is 2.02. The minimum atomic E-state index is -3.42. The smallest absolute Gasteiger partial charge is 0.371 e. The van der Waals surface area contributed by atoms with Crippen LogP contribution < -0.4 is 9.46 Å². The summed E-state index contributed by atoms with van der Waals surface area (Å²) < 4.78 is 35.2. The molecule has 0 aliphatic carbocycles. The van der Waals surface area contributed by atoms with Crippen LogP contribution in [-0.2, 0) is 10.0 Å². The minimum absolute atomic E-state index is 0.214. The number of carboxylic acids is 1. The number of hydrogen-bond donors (Lipinski definition) is 2. The Labute approximate surface area is 121 Å². The van der Waals surface area contributed by atoms with Crippen molar-refractivity contribution < 1.29 is 27.5 Å². The Morgan fingerprint density at radius 3 is 2.52 bits per heavy atom. The number of methoxy groups -OCH3 is 1. The Morgan fingerprint density at radius 1 is 1.29 bits per heavy atom. The number of ether oxygens (including phenoxy) is 1. The van der Waals surface area contributed by atoms with Crippen LogP contribution in [0.15, 0.2) is 34.7 Å². The molecule has 1 aromatic heterocycles. The van der Waals surface area contributed by atoms with Crippen LogP contribution in [-0.4, -0.2) is 32.9 Å². The largest absolute Gasteiger partial charge is 0.496 e. The number of carboxylic acid groups (broad SMARTS) is 1. The van der Waals surface area contributed by atoms with Crippen molar-refractivity contribution in [2.75, 3.05) is 18.1 Å². The van der Waals surface area contributed by atoms with Gasteiger partial charge in [-0.05, 0) is 30.3 Å². The maximum atomic E-state index is 11.3. The van der Waals surface area contributed by atoms with Crippen molar-refractivity contribution in [3.8, 4) is 17.1 Å². The van der Waals surface area contributed by atoms with Crippen LogP contribution in [0.25, 0.3) is 11.3 Å². The van der Waals surface area contributed by atoms with Crippen molar-refractivity contribution in [1.29, 1.82) is 0 Å². The number of furan rings is 1. The normalized spacial score (nSPS) is 11.1. The first-order valence-electron chi connectivity index (χ1n) is 5.79. The van der Waals surface area contributed by atoms with Crippen molar-refractivity contribution in [3.05, 3.63) is 36.1 Å². The summed E-state index contributed by atoms with van der Waals surface area (Å²) in [7, 11) is -1.97. The Balaban J connectivity index is 2.48. The van der Waals surface area contributed by atoms with Crippen molar-refractivity contribution in [3.63, 3.8) is 0 Å².